The summed E-state index contributed by atoms with van der Waals surface area (Å²) in [5.41, 5.74) is 8.09. The number of hydrogen-bond acceptors (Lipinski definition) is 3. The van der Waals surface area contributed by atoms with Gasteiger partial charge < -0.3 is 10.5 Å². The summed E-state index contributed by atoms with van der Waals surface area (Å²) in [6, 6.07) is 5.52. The van der Waals surface area contributed by atoms with Crippen LogP contribution in [0.1, 0.15) is 12.6 Å². The van der Waals surface area contributed by atoms with Gasteiger partial charge in [-0.1, -0.05) is 11.6 Å². The van der Waals surface area contributed by atoms with Gasteiger partial charge in [0.05, 0.1) is 28.7 Å². The molecule has 2 rings (SSSR count). The zero-order valence-electron chi connectivity index (χ0n) is 9.77. The van der Waals surface area contributed by atoms with E-state index in [9.17, 15) is 0 Å². The number of nitrogen functional groups attached to an aromatic ring is 1. The molecule has 0 fully saturated rings. The van der Waals surface area contributed by atoms with Crippen molar-refractivity contribution in [1.29, 1.82) is 0 Å². The van der Waals surface area contributed by atoms with E-state index < -0.39 is 0 Å². The van der Waals surface area contributed by atoms with Gasteiger partial charge in [0, 0.05) is 12.3 Å². The molecule has 0 aliphatic heterocycles. The molecule has 0 unspecified atom stereocenters. The number of halogens is 1. The SMILES string of the molecule is CCOc1cc(-n2cc(Cl)c(C)n2)ccc1N. The second-order valence-corrected chi connectivity index (χ2v) is 4.07. The fourth-order valence-electron chi connectivity index (χ4n) is 1.52. The molecule has 4 nitrogen and oxygen atoms in total. The first-order chi connectivity index (χ1) is 8.11. The smallest absolute Gasteiger partial charge is 0.144 e. The number of nitrogens with zero attached hydrogens (tertiary/aromatic N) is 2. The van der Waals surface area contributed by atoms with Gasteiger partial charge in [-0.05, 0) is 26.0 Å². The minimum Gasteiger partial charge on any atom is -0.492 e. The fourth-order valence-corrected chi connectivity index (χ4v) is 1.65. The molecular weight excluding hydrogens is 238 g/mol. The third-order valence-electron chi connectivity index (χ3n) is 2.40. The van der Waals surface area contributed by atoms with E-state index in [1.54, 1.807) is 16.9 Å². The Morgan fingerprint density at radius 1 is 1.47 bits per heavy atom. The molecule has 0 amide bonds. The lowest BCUT2D eigenvalue weighted by molar-refractivity contribution is 0.342. The Balaban J connectivity index is 2.42. The lowest BCUT2D eigenvalue weighted by Crippen LogP contribution is -2.00. The molecule has 0 aliphatic rings. The number of aryl methyl sites for hydroxylation is 1. The summed E-state index contributed by atoms with van der Waals surface area (Å²) in [7, 11) is 0. The first-order valence-electron chi connectivity index (χ1n) is 5.36. The van der Waals surface area contributed by atoms with Crippen LogP contribution in [0.3, 0.4) is 0 Å². The Kier molecular flexibility index (Phi) is 3.24. The number of hydrogen-bond donors (Lipinski definition) is 1. The molecule has 0 spiro atoms. The first-order valence-corrected chi connectivity index (χ1v) is 5.74. The molecular formula is C12H14ClN3O. The maximum absolute atomic E-state index is 5.97. The van der Waals surface area contributed by atoms with Crippen molar-refractivity contribution in [1.82, 2.24) is 9.78 Å². The molecule has 1 heterocycles. The largest absolute Gasteiger partial charge is 0.492 e. The highest BCUT2D eigenvalue weighted by atomic mass is 35.5. The minimum absolute atomic E-state index is 0.576. The van der Waals surface area contributed by atoms with Gasteiger partial charge in [-0.25, -0.2) is 4.68 Å². The van der Waals surface area contributed by atoms with Crippen molar-refractivity contribution in [2.24, 2.45) is 0 Å². The van der Waals surface area contributed by atoms with Crippen LogP contribution in [0.5, 0.6) is 5.75 Å². The predicted octanol–water partition coefficient (Wildman–Crippen LogP) is 2.82. The van der Waals surface area contributed by atoms with Gasteiger partial charge in [0.1, 0.15) is 5.75 Å². The summed E-state index contributed by atoms with van der Waals surface area (Å²) in [5.74, 6) is 0.661. The lowest BCUT2D eigenvalue weighted by Gasteiger charge is -2.09. The van der Waals surface area contributed by atoms with Crippen LogP contribution in [0.25, 0.3) is 5.69 Å². The highest BCUT2D eigenvalue weighted by Gasteiger charge is 2.07. The van der Waals surface area contributed by atoms with E-state index in [4.69, 9.17) is 22.1 Å². The summed E-state index contributed by atoms with van der Waals surface area (Å²) in [6.45, 7) is 4.35. The van der Waals surface area contributed by atoms with Crippen molar-refractivity contribution >= 4 is 17.3 Å². The molecule has 17 heavy (non-hydrogen) atoms. The maximum Gasteiger partial charge on any atom is 0.144 e. The van der Waals surface area contributed by atoms with E-state index >= 15 is 0 Å². The molecule has 1 aromatic carbocycles. The summed E-state index contributed by atoms with van der Waals surface area (Å²) in [4.78, 5) is 0. The summed E-state index contributed by atoms with van der Waals surface area (Å²) < 4.78 is 7.14. The topological polar surface area (TPSA) is 53.1 Å². The summed E-state index contributed by atoms with van der Waals surface area (Å²) in [6.07, 6.45) is 1.76. The van der Waals surface area contributed by atoms with Crippen molar-refractivity contribution in [3.63, 3.8) is 0 Å². The van der Waals surface area contributed by atoms with Gasteiger partial charge in [-0.3, -0.25) is 0 Å². The Morgan fingerprint density at radius 2 is 2.24 bits per heavy atom. The van der Waals surface area contributed by atoms with Gasteiger partial charge in [0.25, 0.3) is 0 Å². The van der Waals surface area contributed by atoms with Crippen LogP contribution in [0.15, 0.2) is 24.4 Å². The zero-order chi connectivity index (χ0) is 12.4. The average Bonchev–Trinajstić information content (AvgIpc) is 2.63. The van der Waals surface area contributed by atoms with Gasteiger partial charge in [-0.2, -0.15) is 5.10 Å². The van der Waals surface area contributed by atoms with E-state index in [1.165, 1.54) is 0 Å². The highest BCUT2D eigenvalue weighted by Crippen LogP contribution is 2.25. The molecule has 0 saturated carbocycles. The van der Waals surface area contributed by atoms with E-state index in [1.807, 2.05) is 26.0 Å². The Morgan fingerprint density at radius 3 is 2.82 bits per heavy atom. The van der Waals surface area contributed by atoms with E-state index in [0.29, 0.717) is 23.1 Å². The maximum atomic E-state index is 5.97. The number of aromatic nitrogens is 2. The third-order valence-corrected chi connectivity index (χ3v) is 2.77. The van der Waals surface area contributed by atoms with Crippen molar-refractivity contribution in [3.05, 3.63) is 35.1 Å². The fraction of sp³-hybridized carbons (Fsp3) is 0.250. The normalized spacial score (nSPS) is 10.5. The lowest BCUT2D eigenvalue weighted by atomic mass is 10.2. The van der Waals surface area contributed by atoms with Crippen molar-refractivity contribution < 1.29 is 4.74 Å². The number of anilines is 1. The molecule has 90 valence electrons. The molecule has 2 aromatic rings. The molecule has 0 aliphatic carbocycles. The van der Waals surface area contributed by atoms with Gasteiger partial charge in [0.2, 0.25) is 0 Å². The monoisotopic (exact) mass is 251 g/mol. The first kappa shape index (κ1) is 11.8. The standard InChI is InChI=1S/C12H14ClN3O/c1-3-17-12-6-9(4-5-11(12)14)16-7-10(13)8(2)15-16/h4-7H,3,14H2,1-2H3. The zero-order valence-corrected chi connectivity index (χ0v) is 10.5. The Hall–Kier alpha value is -1.68. The molecule has 0 saturated heterocycles. The summed E-state index contributed by atoms with van der Waals surface area (Å²) in [5, 5.41) is 4.94. The molecule has 0 atom stereocenters. The second-order valence-electron chi connectivity index (χ2n) is 3.66. The van der Waals surface area contributed by atoms with Crippen LogP contribution < -0.4 is 10.5 Å². The molecule has 0 bridgehead atoms. The molecule has 0 radical (unpaired) electrons. The molecule has 1 aromatic heterocycles. The van der Waals surface area contributed by atoms with Gasteiger partial charge in [-0.15, -0.1) is 0 Å². The van der Waals surface area contributed by atoms with Crippen molar-refractivity contribution in [2.45, 2.75) is 13.8 Å². The Labute approximate surface area is 105 Å². The second kappa shape index (κ2) is 4.67. The van der Waals surface area contributed by atoms with E-state index in [-0.39, 0.29) is 0 Å². The van der Waals surface area contributed by atoms with Crippen molar-refractivity contribution in [2.75, 3.05) is 12.3 Å². The Bertz CT molecular complexity index is 517. The number of nitrogens with two attached hydrogens (primary N) is 1. The number of rotatable bonds is 3. The van der Waals surface area contributed by atoms with Gasteiger partial charge >= 0.3 is 0 Å². The van der Waals surface area contributed by atoms with Crippen LogP contribution in [-0.2, 0) is 0 Å². The van der Waals surface area contributed by atoms with E-state index in [2.05, 4.69) is 5.10 Å². The van der Waals surface area contributed by atoms with Crippen LogP contribution >= 0.6 is 11.6 Å². The minimum atomic E-state index is 0.576. The third kappa shape index (κ3) is 2.36. The average molecular weight is 252 g/mol. The summed E-state index contributed by atoms with van der Waals surface area (Å²) >= 11 is 5.97. The number of benzene rings is 1. The van der Waals surface area contributed by atoms with Crippen LogP contribution in [0, 0.1) is 6.92 Å². The van der Waals surface area contributed by atoms with Crippen molar-refractivity contribution in [3.8, 4) is 11.4 Å². The predicted molar refractivity (Wildman–Crippen MR) is 68.9 cm³/mol. The van der Waals surface area contributed by atoms with Gasteiger partial charge in [0.15, 0.2) is 0 Å². The van der Waals surface area contributed by atoms with Crippen LogP contribution in [-0.4, -0.2) is 16.4 Å². The quantitative estimate of drug-likeness (QED) is 0.854. The highest BCUT2D eigenvalue weighted by molar-refractivity contribution is 6.31. The van der Waals surface area contributed by atoms with Crippen LogP contribution in [0.4, 0.5) is 5.69 Å². The molecule has 5 heteroatoms. The van der Waals surface area contributed by atoms with Crippen LogP contribution in [0.2, 0.25) is 5.02 Å². The number of ether oxygens (including phenoxy) is 1. The van der Waals surface area contributed by atoms with E-state index in [0.717, 1.165) is 11.4 Å². The molecule has 2 N–H and O–H groups in total.